The molecular formula is C18H25ClFN5O2S2. The number of hydrogen-bond acceptors (Lipinski definition) is 7. The highest BCUT2D eigenvalue weighted by Gasteiger charge is 2.18. The fraction of sp³-hybridized carbons (Fsp3) is 0.500. The first-order chi connectivity index (χ1) is 13.9. The second-order valence-corrected chi connectivity index (χ2v) is 9.92. The normalized spacial score (nSPS) is 16.8. The SMILES string of the molecule is O=S(=O)(Nc1ncc(F)s1)c1ccc(NCCCCNC[C@@H]2CCCN2)c(Cl)c1. The monoisotopic (exact) mass is 461 g/mol. The van der Waals surface area contributed by atoms with Gasteiger partial charge in [0.25, 0.3) is 10.0 Å². The van der Waals surface area contributed by atoms with Crippen molar-refractivity contribution in [1.29, 1.82) is 0 Å². The number of rotatable bonds is 11. The summed E-state index contributed by atoms with van der Waals surface area (Å²) in [5.41, 5.74) is 0.675. The van der Waals surface area contributed by atoms with Gasteiger partial charge in [0.1, 0.15) is 0 Å². The predicted molar refractivity (Wildman–Crippen MR) is 116 cm³/mol. The Bertz CT molecular complexity index is 903. The van der Waals surface area contributed by atoms with Crippen LogP contribution in [0, 0.1) is 5.13 Å². The molecule has 1 aromatic heterocycles. The summed E-state index contributed by atoms with van der Waals surface area (Å²) in [6.07, 6.45) is 5.48. The van der Waals surface area contributed by atoms with E-state index >= 15 is 0 Å². The van der Waals surface area contributed by atoms with Crippen molar-refractivity contribution in [2.24, 2.45) is 0 Å². The molecule has 1 atom stereocenters. The summed E-state index contributed by atoms with van der Waals surface area (Å²) < 4.78 is 40.0. The summed E-state index contributed by atoms with van der Waals surface area (Å²) in [5.74, 6) is 0. The maximum absolute atomic E-state index is 13.0. The summed E-state index contributed by atoms with van der Waals surface area (Å²) in [4.78, 5) is 3.65. The van der Waals surface area contributed by atoms with Crippen molar-refractivity contribution in [3.05, 3.63) is 34.5 Å². The van der Waals surface area contributed by atoms with Crippen LogP contribution in [0.15, 0.2) is 29.3 Å². The first kappa shape index (κ1) is 22.2. The fourth-order valence-corrected chi connectivity index (χ4v) is 5.21. The number of nitrogens with zero attached hydrogens (tertiary/aromatic N) is 1. The highest BCUT2D eigenvalue weighted by molar-refractivity contribution is 7.93. The van der Waals surface area contributed by atoms with Gasteiger partial charge >= 0.3 is 0 Å². The highest BCUT2D eigenvalue weighted by atomic mass is 35.5. The zero-order chi connectivity index (χ0) is 20.7. The van der Waals surface area contributed by atoms with Crippen LogP contribution in [-0.2, 0) is 10.0 Å². The molecule has 2 aromatic rings. The number of thiazole rings is 1. The number of halogens is 2. The number of sulfonamides is 1. The van der Waals surface area contributed by atoms with Crippen LogP contribution in [0.25, 0.3) is 0 Å². The Kier molecular flexibility index (Phi) is 8.07. The Morgan fingerprint density at radius 1 is 1.31 bits per heavy atom. The Labute approximate surface area is 179 Å². The maximum Gasteiger partial charge on any atom is 0.263 e. The zero-order valence-corrected chi connectivity index (χ0v) is 18.3. The lowest BCUT2D eigenvalue weighted by atomic mass is 10.2. The molecule has 1 aliphatic rings. The summed E-state index contributed by atoms with van der Waals surface area (Å²) in [5, 5.41) is 9.87. The average Bonchev–Trinajstić information content (AvgIpc) is 3.33. The molecule has 1 fully saturated rings. The molecule has 160 valence electrons. The van der Waals surface area contributed by atoms with E-state index in [-0.39, 0.29) is 10.0 Å². The van der Waals surface area contributed by atoms with Gasteiger partial charge in [-0.05, 0) is 57.0 Å². The van der Waals surface area contributed by atoms with Crippen LogP contribution in [0.5, 0.6) is 0 Å². The van der Waals surface area contributed by atoms with Gasteiger partial charge in [0.15, 0.2) is 10.3 Å². The molecule has 1 saturated heterocycles. The quantitative estimate of drug-likeness (QED) is 0.384. The van der Waals surface area contributed by atoms with Crippen LogP contribution in [0.3, 0.4) is 0 Å². The van der Waals surface area contributed by atoms with Crippen molar-refractivity contribution in [3.63, 3.8) is 0 Å². The summed E-state index contributed by atoms with van der Waals surface area (Å²) >= 11 is 6.85. The Morgan fingerprint density at radius 2 is 2.14 bits per heavy atom. The molecular weight excluding hydrogens is 437 g/mol. The smallest absolute Gasteiger partial charge is 0.263 e. The fourth-order valence-electron chi connectivity index (χ4n) is 3.09. The third-order valence-corrected chi connectivity index (χ3v) is 7.08. The highest BCUT2D eigenvalue weighted by Crippen LogP contribution is 2.27. The van der Waals surface area contributed by atoms with Gasteiger partial charge in [-0.3, -0.25) is 4.72 Å². The van der Waals surface area contributed by atoms with Crippen LogP contribution in [0.2, 0.25) is 5.02 Å². The molecule has 0 amide bonds. The second-order valence-electron chi connectivity index (χ2n) is 6.85. The molecule has 0 radical (unpaired) electrons. The lowest BCUT2D eigenvalue weighted by Crippen LogP contribution is -2.34. The first-order valence-electron chi connectivity index (χ1n) is 9.56. The van der Waals surface area contributed by atoms with Gasteiger partial charge in [-0.2, -0.15) is 4.39 Å². The summed E-state index contributed by atoms with van der Waals surface area (Å²) in [6, 6.07) is 5.05. The van der Waals surface area contributed by atoms with Gasteiger partial charge in [0, 0.05) is 19.1 Å². The molecule has 0 saturated carbocycles. The molecule has 0 aliphatic carbocycles. The van der Waals surface area contributed by atoms with E-state index in [2.05, 4.69) is 25.7 Å². The number of hydrogen-bond donors (Lipinski definition) is 4. The second kappa shape index (κ2) is 10.5. The number of anilines is 2. The predicted octanol–water partition coefficient (Wildman–Crippen LogP) is 3.27. The molecule has 7 nitrogen and oxygen atoms in total. The van der Waals surface area contributed by atoms with E-state index in [0.717, 1.165) is 45.2 Å². The van der Waals surface area contributed by atoms with Gasteiger partial charge in [-0.25, -0.2) is 13.4 Å². The van der Waals surface area contributed by atoms with Crippen molar-refractivity contribution in [1.82, 2.24) is 15.6 Å². The Hall–Kier alpha value is -1.46. The van der Waals surface area contributed by atoms with Crippen LogP contribution in [-0.4, -0.2) is 45.6 Å². The average molecular weight is 462 g/mol. The third kappa shape index (κ3) is 6.78. The van der Waals surface area contributed by atoms with Gasteiger partial charge in [-0.15, -0.1) is 0 Å². The van der Waals surface area contributed by atoms with Crippen molar-refractivity contribution in [2.45, 2.75) is 36.6 Å². The van der Waals surface area contributed by atoms with Crippen LogP contribution < -0.4 is 20.7 Å². The molecule has 0 unspecified atom stereocenters. The zero-order valence-electron chi connectivity index (χ0n) is 15.9. The van der Waals surface area contributed by atoms with E-state index in [4.69, 9.17) is 11.6 Å². The van der Waals surface area contributed by atoms with Crippen LogP contribution in [0.1, 0.15) is 25.7 Å². The third-order valence-electron chi connectivity index (χ3n) is 4.60. The van der Waals surface area contributed by atoms with E-state index in [1.54, 1.807) is 6.07 Å². The van der Waals surface area contributed by atoms with Crippen molar-refractivity contribution < 1.29 is 12.8 Å². The minimum absolute atomic E-state index is 0.00613. The topological polar surface area (TPSA) is 95.2 Å². The first-order valence-corrected chi connectivity index (χ1v) is 12.2. The lowest BCUT2D eigenvalue weighted by molar-refractivity contribution is 0.526. The van der Waals surface area contributed by atoms with Gasteiger partial charge < -0.3 is 16.0 Å². The van der Waals surface area contributed by atoms with Crippen molar-refractivity contribution in [3.8, 4) is 0 Å². The summed E-state index contributed by atoms with van der Waals surface area (Å²) in [7, 11) is -3.88. The molecule has 11 heteroatoms. The van der Waals surface area contributed by atoms with E-state index in [1.165, 1.54) is 25.0 Å². The minimum atomic E-state index is -3.88. The number of aromatic nitrogens is 1. The van der Waals surface area contributed by atoms with E-state index < -0.39 is 15.2 Å². The molecule has 29 heavy (non-hydrogen) atoms. The largest absolute Gasteiger partial charge is 0.384 e. The van der Waals surface area contributed by atoms with E-state index in [0.29, 0.717) is 28.1 Å². The van der Waals surface area contributed by atoms with Gasteiger partial charge in [0.05, 0.1) is 21.8 Å². The van der Waals surface area contributed by atoms with Crippen LogP contribution >= 0.6 is 22.9 Å². The standard InChI is InChI=1S/C18H25ClFN5O2S2/c19-15-10-14(29(26,27)25-18-24-12-17(20)28-18)5-6-16(15)23-8-2-1-7-21-11-13-4-3-9-22-13/h5-6,10,12-13,21-23H,1-4,7-9,11H2,(H,24,25)/t13-/m0/s1. The maximum atomic E-state index is 13.0. The molecule has 2 heterocycles. The molecule has 1 aromatic carbocycles. The van der Waals surface area contributed by atoms with Gasteiger partial charge in [0.2, 0.25) is 0 Å². The van der Waals surface area contributed by atoms with Gasteiger partial charge in [-0.1, -0.05) is 22.9 Å². The molecule has 0 spiro atoms. The van der Waals surface area contributed by atoms with Crippen LogP contribution in [0.4, 0.5) is 15.2 Å². The molecule has 3 rings (SSSR count). The molecule has 4 N–H and O–H groups in total. The van der Waals surface area contributed by atoms with Crippen molar-refractivity contribution in [2.75, 3.05) is 36.2 Å². The Morgan fingerprint density at radius 3 is 2.83 bits per heavy atom. The number of nitrogens with one attached hydrogen (secondary N) is 4. The number of benzene rings is 1. The summed E-state index contributed by atoms with van der Waals surface area (Å²) in [6.45, 7) is 3.84. The Balaban J connectivity index is 1.41. The van der Waals surface area contributed by atoms with E-state index in [9.17, 15) is 12.8 Å². The minimum Gasteiger partial charge on any atom is -0.384 e. The van der Waals surface area contributed by atoms with E-state index in [1.807, 2.05) is 0 Å². The molecule has 1 aliphatic heterocycles. The molecule has 0 bridgehead atoms. The number of unbranched alkanes of at least 4 members (excludes halogenated alkanes) is 1. The van der Waals surface area contributed by atoms with Crippen molar-refractivity contribution >= 4 is 43.8 Å². The lowest BCUT2D eigenvalue weighted by Gasteiger charge is -2.12.